The molecule has 0 saturated carbocycles. The third kappa shape index (κ3) is 1.57. The molecule has 0 spiro atoms. The predicted octanol–water partition coefficient (Wildman–Crippen LogP) is 3.86. The number of benzene rings is 1. The molecule has 0 saturated heterocycles. The minimum Gasteiger partial charge on any atom is -0.206 e. The molecule has 0 heterocycles. The van der Waals surface area contributed by atoms with Crippen LogP contribution in [-0.2, 0) is 0 Å². The minimum atomic E-state index is -0.193. The summed E-state index contributed by atoms with van der Waals surface area (Å²) in [4.78, 5) is 0. The summed E-state index contributed by atoms with van der Waals surface area (Å²) < 4.78 is 13.7. The Bertz CT molecular complexity index is 270. The van der Waals surface area contributed by atoms with Gasteiger partial charge < -0.3 is 0 Å². The van der Waals surface area contributed by atoms with Crippen molar-refractivity contribution in [1.82, 2.24) is 0 Å². The van der Waals surface area contributed by atoms with E-state index in [0.29, 0.717) is 20.6 Å². The number of halogens is 3. The van der Waals surface area contributed by atoms with E-state index in [1.54, 1.807) is 19.9 Å². The van der Waals surface area contributed by atoms with Gasteiger partial charge in [-0.25, -0.2) is 4.39 Å². The number of hydrogen-bond donors (Lipinski definition) is 0. The molecule has 0 aromatic heterocycles. The smallest absolute Gasteiger partial charge is 0.130 e. The van der Waals surface area contributed by atoms with Gasteiger partial charge >= 0.3 is 0 Å². The first-order valence-corrected chi connectivity index (χ1v) is 4.32. The Labute approximate surface area is 78.5 Å². The van der Waals surface area contributed by atoms with Crippen LogP contribution in [0.4, 0.5) is 4.39 Å². The van der Waals surface area contributed by atoms with Crippen molar-refractivity contribution in [2.45, 2.75) is 13.8 Å². The standard InChI is InChI=1S/C8H7BrClF/c1-4-3-6(10)7(9)5(2)8(4)11/h3H,1-2H3. The van der Waals surface area contributed by atoms with Crippen molar-refractivity contribution in [1.29, 1.82) is 0 Å². The van der Waals surface area contributed by atoms with Gasteiger partial charge in [0.05, 0.1) is 5.02 Å². The Kier molecular flexibility index (Phi) is 2.55. The highest BCUT2D eigenvalue weighted by Gasteiger charge is 2.08. The van der Waals surface area contributed by atoms with E-state index < -0.39 is 0 Å². The topological polar surface area (TPSA) is 0 Å². The molecule has 11 heavy (non-hydrogen) atoms. The van der Waals surface area contributed by atoms with Crippen molar-refractivity contribution >= 4 is 27.5 Å². The van der Waals surface area contributed by atoms with Gasteiger partial charge in [-0.1, -0.05) is 11.6 Å². The van der Waals surface area contributed by atoms with Crippen molar-refractivity contribution in [3.63, 3.8) is 0 Å². The van der Waals surface area contributed by atoms with Crippen LogP contribution in [0.15, 0.2) is 10.5 Å². The van der Waals surface area contributed by atoms with Gasteiger partial charge in [0, 0.05) is 10.0 Å². The second kappa shape index (κ2) is 3.11. The van der Waals surface area contributed by atoms with Crippen LogP contribution in [0.1, 0.15) is 11.1 Å². The van der Waals surface area contributed by atoms with Crippen LogP contribution in [0.5, 0.6) is 0 Å². The Balaban J connectivity index is 3.46. The molecule has 0 nitrogen and oxygen atoms in total. The van der Waals surface area contributed by atoms with E-state index >= 15 is 0 Å². The molecule has 60 valence electrons. The molecule has 0 aliphatic rings. The summed E-state index contributed by atoms with van der Waals surface area (Å²) in [5, 5.41) is 0.557. The molecule has 0 N–H and O–H groups in total. The number of rotatable bonds is 0. The van der Waals surface area contributed by atoms with Gasteiger partial charge in [0.25, 0.3) is 0 Å². The summed E-state index contributed by atoms with van der Waals surface area (Å²) in [5.41, 5.74) is 1.14. The molecule has 0 bridgehead atoms. The lowest BCUT2D eigenvalue weighted by Gasteiger charge is -2.04. The van der Waals surface area contributed by atoms with Crippen LogP contribution in [0.2, 0.25) is 5.02 Å². The molecular formula is C8H7BrClF. The van der Waals surface area contributed by atoms with Gasteiger partial charge in [0.2, 0.25) is 0 Å². The van der Waals surface area contributed by atoms with Gasteiger partial charge in [-0.15, -0.1) is 0 Å². The Morgan fingerprint density at radius 3 is 2.55 bits per heavy atom. The summed E-state index contributed by atoms with van der Waals surface area (Å²) in [6.45, 7) is 3.39. The molecule has 1 aromatic rings. The Morgan fingerprint density at radius 2 is 2.00 bits per heavy atom. The zero-order valence-electron chi connectivity index (χ0n) is 6.21. The van der Waals surface area contributed by atoms with Gasteiger partial charge in [-0.3, -0.25) is 0 Å². The lowest BCUT2D eigenvalue weighted by atomic mass is 10.1. The Morgan fingerprint density at radius 1 is 1.45 bits per heavy atom. The molecular weight excluding hydrogens is 230 g/mol. The average molecular weight is 237 g/mol. The summed E-state index contributed by atoms with van der Waals surface area (Å²) in [7, 11) is 0. The van der Waals surface area contributed by atoms with E-state index in [2.05, 4.69) is 15.9 Å². The first-order valence-electron chi connectivity index (χ1n) is 3.14. The first kappa shape index (κ1) is 9.01. The monoisotopic (exact) mass is 236 g/mol. The molecule has 0 fully saturated rings. The van der Waals surface area contributed by atoms with Gasteiger partial charge in [-0.05, 0) is 41.4 Å². The zero-order valence-corrected chi connectivity index (χ0v) is 8.55. The maximum Gasteiger partial charge on any atom is 0.130 e. The fraction of sp³-hybridized carbons (Fsp3) is 0.250. The van der Waals surface area contributed by atoms with Crippen molar-refractivity contribution in [2.75, 3.05) is 0 Å². The van der Waals surface area contributed by atoms with Crippen LogP contribution in [0.3, 0.4) is 0 Å². The largest absolute Gasteiger partial charge is 0.206 e. The second-order valence-electron chi connectivity index (χ2n) is 2.43. The number of aryl methyl sites for hydroxylation is 1. The maximum atomic E-state index is 13.1. The fourth-order valence-electron chi connectivity index (χ4n) is 0.888. The quantitative estimate of drug-likeness (QED) is 0.601. The van der Waals surface area contributed by atoms with Gasteiger partial charge in [0.1, 0.15) is 5.82 Å². The molecule has 0 aliphatic heterocycles. The lowest BCUT2D eigenvalue weighted by molar-refractivity contribution is 0.608. The third-order valence-electron chi connectivity index (χ3n) is 1.56. The summed E-state index contributed by atoms with van der Waals surface area (Å²) in [6, 6.07) is 1.61. The van der Waals surface area contributed by atoms with E-state index in [4.69, 9.17) is 11.6 Å². The summed E-state index contributed by atoms with van der Waals surface area (Å²) in [5.74, 6) is -0.193. The highest BCUT2D eigenvalue weighted by molar-refractivity contribution is 9.10. The zero-order chi connectivity index (χ0) is 8.59. The van der Waals surface area contributed by atoms with E-state index in [1.807, 2.05) is 0 Å². The van der Waals surface area contributed by atoms with Crippen LogP contribution < -0.4 is 0 Å². The van der Waals surface area contributed by atoms with Crippen LogP contribution in [-0.4, -0.2) is 0 Å². The lowest BCUT2D eigenvalue weighted by Crippen LogP contribution is -1.89. The van der Waals surface area contributed by atoms with Gasteiger partial charge in [-0.2, -0.15) is 0 Å². The van der Waals surface area contributed by atoms with E-state index in [9.17, 15) is 4.39 Å². The summed E-state index contributed by atoms with van der Waals surface area (Å²) in [6.07, 6.45) is 0. The molecule has 0 amide bonds. The molecule has 0 aliphatic carbocycles. The van der Waals surface area contributed by atoms with Crippen molar-refractivity contribution in [3.05, 3.63) is 32.5 Å². The molecule has 0 atom stereocenters. The minimum absolute atomic E-state index is 0.193. The summed E-state index contributed by atoms with van der Waals surface area (Å²) >= 11 is 8.97. The second-order valence-corrected chi connectivity index (χ2v) is 3.63. The van der Waals surface area contributed by atoms with Crippen LogP contribution >= 0.6 is 27.5 Å². The molecule has 0 radical (unpaired) electrons. The van der Waals surface area contributed by atoms with Crippen molar-refractivity contribution < 1.29 is 4.39 Å². The predicted molar refractivity (Wildman–Crippen MR) is 48.6 cm³/mol. The maximum absolute atomic E-state index is 13.1. The average Bonchev–Trinajstić information content (AvgIpc) is 1.97. The van der Waals surface area contributed by atoms with E-state index in [0.717, 1.165) is 0 Å². The molecule has 1 aromatic carbocycles. The van der Waals surface area contributed by atoms with Crippen LogP contribution in [0, 0.1) is 19.7 Å². The molecule has 0 unspecified atom stereocenters. The highest BCUT2D eigenvalue weighted by atomic mass is 79.9. The van der Waals surface area contributed by atoms with Gasteiger partial charge in [0.15, 0.2) is 0 Å². The first-order chi connectivity index (χ1) is 5.04. The van der Waals surface area contributed by atoms with E-state index in [-0.39, 0.29) is 5.82 Å². The van der Waals surface area contributed by atoms with E-state index in [1.165, 1.54) is 0 Å². The highest BCUT2D eigenvalue weighted by Crippen LogP contribution is 2.29. The molecule has 1 rings (SSSR count). The number of hydrogen-bond acceptors (Lipinski definition) is 0. The van der Waals surface area contributed by atoms with Crippen LogP contribution in [0.25, 0.3) is 0 Å². The van der Waals surface area contributed by atoms with Crippen molar-refractivity contribution in [3.8, 4) is 0 Å². The van der Waals surface area contributed by atoms with Crippen molar-refractivity contribution in [2.24, 2.45) is 0 Å². The normalized spacial score (nSPS) is 10.3. The fourth-order valence-corrected chi connectivity index (χ4v) is 1.48. The molecule has 3 heteroatoms. The Hall–Kier alpha value is -0.0800. The SMILES string of the molecule is Cc1cc(Cl)c(Br)c(C)c1F. The third-order valence-corrected chi connectivity index (χ3v) is 3.11.